The van der Waals surface area contributed by atoms with Crippen LogP contribution in [0.5, 0.6) is 5.75 Å². The molecule has 0 amide bonds. The molecule has 0 aliphatic heterocycles. The molecule has 0 bridgehead atoms. The summed E-state index contributed by atoms with van der Waals surface area (Å²) >= 11 is 0. The predicted octanol–water partition coefficient (Wildman–Crippen LogP) is 3.45. The van der Waals surface area contributed by atoms with E-state index in [9.17, 15) is 5.11 Å². The molecule has 132 valence electrons. The molecular weight excluding hydrogens is 318 g/mol. The lowest BCUT2D eigenvalue weighted by molar-refractivity contribution is 0.270. The van der Waals surface area contributed by atoms with Crippen molar-refractivity contribution in [2.75, 3.05) is 18.5 Å². The van der Waals surface area contributed by atoms with Crippen LogP contribution in [-0.2, 0) is 13.1 Å². The number of anilines is 1. The van der Waals surface area contributed by atoms with E-state index in [-0.39, 0.29) is 6.61 Å². The van der Waals surface area contributed by atoms with Crippen LogP contribution in [0, 0.1) is 6.92 Å². The van der Waals surface area contributed by atoms with Crippen molar-refractivity contribution in [3.8, 4) is 17.0 Å². The number of hydrogen-bond donors (Lipinski definition) is 2. The standard InChI is InChI=1S/C19H23N3O3/c1-3-24-16-6-4-5-15(11-16)13-20-19-12-18(21-22(19)8-9-23)17-7-10-25-14(17)2/h4-7,10-12,20,23H,3,8-9,13H2,1-2H3. The smallest absolute Gasteiger partial charge is 0.125 e. The fraction of sp³-hybridized carbons (Fsp3) is 0.316. The number of hydrogen-bond acceptors (Lipinski definition) is 5. The number of nitrogens with one attached hydrogen (secondary N) is 1. The Balaban J connectivity index is 1.78. The van der Waals surface area contributed by atoms with Crippen LogP contribution in [0.4, 0.5) is 5.82 Å². The molecule has 0 unspecified atom stereocenters. The number of benzene rings is 1. The highest BCUT2D eigenvalue weighted by atomic mass is 16.5. The second kappa shape index (κ2) is 7.90. The molecule has 0 radical (unpaired) electrons. The molecule has 0 aliphatic rings. The first-order valence-electron chi connectivity index (χ1n) is 8.40. The SMILES string of the molecule is CCOc1cccc(CNc2cc(-c3ccoc3C)nn2CCO)c1. The Morgan fingerprint density at radius 3 is 2.88 bits per heavy atom. The molecule has 3 aromatic rings. The summed E-state index contributed by atoms with van der Waals surface area (Å²) in [6.07, 6.45) is 1.65. The molecule has 6 nitrogen and oxygen atoms in total. The molecule has 1 aromatic carbocycles. The van der Waals surface area contributed by atoms with Crippen molar-refractivity contribution >= 4 is 5.82 Å². The van der Waals surface area contributed by atoms with Gasteiger partial charge in [-0.05, 0) is 37.6 Å². The molecule has 0 fully saturated rings. The minimum absolute atomic E-state index is 0.0278. The van der Waals surface area contributed by atoms with Gasteiger partial charge >= 0.3 is 0 Å². The molecule has 6 heteroatoms. The van der Waals surface area contributed by atoms with Crippen LogP contribution < -0.4 is 10.1 Å². The van der Waals surface area contributed by atoms with Crippen LogP contribution in [0.15, 0.2) is 47.1 Å². The summed E-state index contributed by atoms with van der Waals surface area (Å²) in [6, 6.07) is 11.9. The second-order valence-corrected chi connectivity index (χ2v) is 5.69. The van der Waals surface area contributed by atoms with Crippen molar-refractivity contribution < 1.29 is 14.3 Å². The number of nitrogens with zero attached hydrogens (tertiary/aromatic N) is 2. The Kier molecular flexibility index (Phi) is 5.40. The Morgan fingerprint density at radius 1 is 1.28 bits per heavy atom. The molecule has 25 heavy (non-hydrogen) atoms. The van der Waals surface area contributed by atoms with Gasteiger partial charge in [-0.25, -0.2) is 4.68 Å². The van der Waals surface area contributed by atoms with Gasteiger partial charge < -0.3 is 19.6 Å². The summed E-state index contributed by atoms with van der Waals surface area (Å²) in [7, 11) is 0. The predicted molar refractivity (Wildman–Crippen MR) is 96.7 cm³/mol. The van der Waals surface area contributed by atoms with Crippen LogP contribution in [0.2, 0.25) is 0 Å². The van der Waals surface area contributed by atoms with Gasteiger partial charge in [0.25, 0.3) is 0 Å². The molecule has 2 N–H and O–H groups in total. The maximum Gasteiger partial charge on any atom is 0.125 e. The highest BCUT2D eigenvalue weighted by molar-refractivity contribution is 5.64. The van der Waals surface area contributed by atoms with Crippen LogP contribution >= 0.6 is 0 Å². The summed E-state index contributed by atoms with van der Waals surface area (Å²) < 4.78 is 12.7. The number of aliphatic hydroxyl groups excluding tert-OH is 1. The zero-order valence-corrected chi connectivity index (χ0v) is 14.5. The van der Waals surface area contributed by atoms with Gasteiger partial charge in [0.1, 0.15) is 17.3 Å². The first kappa shape index (κ1) is 17.1. The van der Waals surface area contributed by atoms with Gasteiger partial charge in [0.05, 0.1) is 31.7 Å². The van der Waals surface area contributed by atoms with Gasteiger partial charge in [-0.1, -0.05) is 12.1 Å². The number of rotatable bonds is 8. The first-order chi connectivity index (χ1) is 12.2. The lowest BCUT2D eigenvalue weighted by Gasteiger charge is -2.10. The Bertz CT molecular complexity index is 823. The average Bonchev–Trinajstić information content (AvgIpc) is 3.20. The first-order valence-corrected chi connectivity index (χ1v) is 8.40. The third kappa shape index (κ3) is 4.03. The third-order valence-electron chi connectivity index (χ3n) is 3.91. The van der Waals surface area contributed by atoms with Crippen molar-refractivity contribution in [2.45, 2.75) is 26.9 Å². The molecule has 0 saturated heterocycles. The van der Waals surface area contributed by atoms with E-state index in [0.29, 0.717) is 19.7 Å². The maximum atomic E-state index is 9.30. The summed E-state index contributed by atoms with van der Waals surface area (Å²) in [4.78, 5) is 0. The minimum Gasteiger partial charge on any atom is -0.494 e. The van der Waals surface area contributed by atoms with Crippen molar-refractivity contribution in [2.24, 2.45) is 0 Å². The number of furan rings is 1. The van der Waals surface area contributed by atoms with Gasteiger partial charge in [0.15, 0.2) is 0 Å². The zero-order valence-electron chi connectivity index (χ0n) is 14.5. The number of aromatic nitrogens is 2. The molecule has 0 spiro atoms. The fourth-order valence-electron chi connectivity index (χ4n) is 2.71. The molecule has 0 saturated carbocycles. The fourth-order valence-corrected chi connectivity index (χ4v) is 2.71. The van der Waals surface area contributed by atoms with E-state index >= 15 is 0 Å². The van der Waals surface area contributed by atoms with Crippen LogP contribution in [0.3, 0.4) is 0 Å². The van der Waals surface area contributed by atoms with E-state index in [1.54, 1.807) is 10.9 Å². The van der Waals surface area contributed by atoms with Crippen molar-refractivity contribution in [1.29, 1.82) is 0 Å². The van der Waals surface area contributed by atoms with Gasteiger partial charge in [-0.3, -0.25) is 0 Å². The monoisotopic (exact) mass is 341 g/mol. The largest absolute Gasteiger partial charge is 0.494 e. The van der Waals surface area contributed by atoms with Gasteiger partial charge in [0, 0.05) is 18.2 Å². The van der Waals surface area contributed by atoms with E-state index in [4.69, 9.17) is 9.15 Å². The quantitative estimate of drug-likeness (QED) is 0.656. The Hall–Kier alpha value is -2.73. The molecule has 0 atom stereocenters. The summed E-state index contributed by atoms with van der Waals surface area (Å²) in [5.74, 6) is 2.54. The summed E-state index contributed by atoms with van der Waals surface area (Å²) in [5.41, 5.74) is 2.90. The lowest BCUT2D eigenvalue weighted by atomic mass is 10.2. The summed E-state index contributed by atoms with van der Waals surface area (Å²) in [5, 5.41) is 17.3. The highest BCUT2D eigenvalue weighted by Crippen LogP contribution is 2.26. The number of aryl methyl sites for hydroxylation is 1. The topological polar surface area (TPSA) is 72.5 Å². The molecule has 3 rings (SSSR count). The van der Waals surface area contributed by atoms with Crippen molar-refractivity contribution in [3.63, 3.8) is 0 Å². The average molecular weight is 341 g/mol. The third-order valence-corrected chi connectivity index (χ3v) is 3.91. The van der Waals surface area contributed by atoms with Crippen LogP contribution in [0.1, 0.15) is 18.2 Å². The molecule has 2 heterocycles. The van der Waals surface area contributed by atoms with Crippen LogP contribution in [0.25, 0.3) is 11.3 Å². The number of ether oxygens (including phenoxy) is 1. The van der Waals surface area contributed by atoms with E-state index < -0.39 is 0 Å². The maximum absolute atomic E-state index is 9.30. The van der Waals surface area contributed by atoms with E-state index in [0.717, 1.165) is 34.1 Å². The number of aliphatic hydroxyl groups is 1. The molecule has 2 aromatic heterocycles. The minimum atomic E-state index is 0.0278. The van der Waals surface area contributed by atoms with Crippen LogP contribution in [-0.4, -0.2) is 28.1 Å². The van der Waals surface area contributed by atoms with Crippen molar-refractivity contribution in [1.82, 2.24) is 9.78 Å². The normalized spacial score (nSPS) is 10.8. The summed E-state index contributed by atoms with van der Waals surface area (Å²) in [6.45, 7) is 5.62. The Labute approximate surface area is 147 Å². The van der Waals surface area contributed by atoms with Gasteiger partial charge in [0.2, 0.25) is 0 Å². The lowest BCUT2D eigenvalue weighted by Crippen LogP contribution is -2.10. The van der Waals surface area contributed by atoms with E-state index in [1.807, 2.05) is 50.2 Å². The second-order valence-electron chi connectivity index (χ2n) is 5.69. The highest BCUT2D eigenvalue weighted by Gasteiger charge is 2.12. The van der Waals surface area contributed by atoms with E-state index in [2.05, 4.69) is 10.4 Å². The van der Waals surface area contributed by atoms with Crippen molar-refractivity contribution in [3.05, 3.63) is 54.0 Å². The van der Waals surface area contributed by atoms with Gasteiger partial charge in [-0.15, -0.1) is 0 Å². The zero-order chi connectivity index (χ0) is 17.6. The van der Waals surface area contributed by atoms with Gasteiger partial charge in [-0.2, -0.15) is 5.10 Å². The molecule has 0 aliphatic carbocycles. The van der Waals surface area contributed by atoms with E-state index in [1.165, 1.54) is 0 Å². The molecular formula is C19H23N3O3. The Morgan fingerprint density at radius 2 is 2.16 bits per heavy atom.